The molecule has 6 heteroatoms. The number of hydrogen-bond acceptors (Lipinski definition) is 3. The van der Waals surface area contributed by atoms with E-state index in [-0.39, 0.29) is 0 Å². The largest absolute Gasteiger partial charge is 0.361 e. The van der Waals surface area contributed by atoms with Crippen LogP contribution < -0.4 is 0 Å². The Bertz CT molecular complexity index is 286. The first-order valence-corrected chi connectivity index (χ1v) is 9.66. The second-order valence-electron chi connectivity index (χ2n) is 7.59. The predicted molar refractivity (Wildman–Crippen MR) is 105 cm³/mol. The molecule has 0 aromatic rings. The molecule has 1 aliphatic rings. The minimum Gasteiger partial charge on any atom is -0.361 e. The summed E-state index contributed by atoms with van der Waals surface area (Å²) >= 11 is 0. The highest BCUT2D eigenvalue weighted by Crippen LogP contribution is 2.19. The van der Waals surface area contributed by atoms with Gasteiger partial charge in [0.25, 0.3) is 22.6 Å². The SMILES string of the molecule is CCCC(C)N1BN(C(C)CCC)BN(C(C)C(C)CC)B1. The quantitative estimate of drug-likeness (QED) is 0.606. The molecule has 0 aromatic carbocycles. The molecule has 3 nitrogen and oxygen atoms in total. The third kappa shape index (κ3) is 5.61. The van der Waals surface area contributed by atoms with Gasteiger partial charge in [-0.15, -0.1) is 0 Å². The van der Waals surface area contributed by atoms with Crippen molar-refractivity contribution in [2.24, 2.45) is 5.92 Å². The molecule has 0 radical (unpaired) electrons. The maximum atomic E-state index is 2.70. The number of nitrogens with zero attached hydrogens (tertiary/aromatic N) is 3. The minimum absolute atomic E-state index is 0.665. The summed E-state index contributed by atoms with van der Waals surface area (Å²) in [6.07, 6.45) is 6.45. The Morgan fingerprint density at radius 3 is 1.45 bits per heavy atom. The summed E-state index contributed by atoms with van der Waals surface area (Å²) in [6.45, 7) is 16.6. The normalized spacial score (nSPS) is 23.0. The van der Waals surface area contributed by atoms with Gasteiger partial charge >= 0.3 is 0 Å². The highest BCUT2D eigenvalue weighted by atomic mass is 15.3. The van der Waals surface area contributed by atoms with Crippen molar-refractivity contribution >= 4 is 22.6 Å². The van der Waals surface area contributed by atoms with Crippen LogP contribution in [0.25, 0.3) is 0 Å². The van der Waals surface area contributed by atoms with Crippen LogP contribution in [0.1, 0.15) is 80.6 Å². The zero-order valence-corrected chi connectivity index (χ0v) is 16.3. The Morgan fingerprint density at radius 2 is 1.09 bits per heavy atom. The zero-order valence-electron chi connectivity index (χ0n) is 16.3. The van der Waals surface area contributed by atoms with Crippen molar-refractivity contribution in [1.29, 1.82) is 0 Å². The van der Waals surface area contributed by atoms with Crippen LogP contribution in [0.2, 0.25) is 0 Å². The lowest BCUT2D eigenvalue weighted by molar-refractivity contribution is 0.297. The van der Waals surface area contributed by atoms with E-state index in [0.29, 0.717) is 18.1 Å². The van der Waals surface area contributed by atoms with E-state index in [1.807, 2.05) is 0 Å². The molecule has 0 saturated carbocycles. The van der Waals surface area contributed by atoms with Gasteiger partial charge in [0.15, 0.2) is 0 Å². The van der Waals surface area contributed by atoms with Crippen molar-refractivity contribution in [1.82, 2.24) is 14.2 Å². The molecule has 0 spiro atoms. The molecule has 0 aromatic heterocycles. The van der Waals surface area contributed by atoms with E-state index >= 15 is 0 Å². The van der Waals surface area contributed by atoms with Gasteiger partial charge in [-0.25, -0.2) is 0 Å². The average Bonchev–Trinajstić information content (AvgIpc) is 2.53. The number of rotatable bonds is 9. The molecule has 4 unspecified atom stereocenters. The van der Waals surface area contributed by atoms with E-state index in [9.17, 15) is 0 Å². The molecule has 1 fully saturated rings. The molecule has 1 rings (SSSR count). The van der Waals surface area contributed by atoms with Crippen LogP contribution in [-0.2, 0) is 0 Å². The standard InChI is InChI=1S/C16H38B3N3/c1-8-11-14(5)20-17-21(15(6)12-9-2)19-22(18-20)16(7)13(4)10-3/h13-19H,8-12H2,1-7H3. The maximum Gasteiger partial charge on any atom is 0.271 e. The minimum atomic E-state index is 0.665. The highest BCUT2D eigenvalue weighted by molar-refractivity contribution is 6.65. The van der Waals surface area contributed by atoms with Gasteiger partial charge in [0, 0.05) is 0 Å². The Balaban J connectivity index is 2.79. The second kappa shape index (κ2) is 10.0. The summed E-state index contributed by atoms with van der Waals surface area (Å²) in [6, 6.07) is 2.04. The van der Waals surface area contributed by atoms with Gasteiger partial charge in [-0.1, -0.05) is 67.7 Å². The third-order valence-corrected chi connectivity index (χ3v) is 5.79. The smallest absolute Gasteiger partial charge is 0.271 e. The van der Waals surface area contributed by atoms with Gasteiger partial charge < -0.3 is 14.2 Å². The van der Waals surface area contributed by atoms with Crippen LogP contribution in [0, 0.1) is 5.92 Å². The maximum absolute atomic E-state index is 2.70. The van der Waals surface area contributed by atoms with Crippen LogP contribution in [0.3, 0.4) is 0 Å². The fraction of sp³-hybridized carbons (Fsp3) is 1.00. The molecule has 1 saturated heterocycles. The third-order valence-electron chi connectivity index (χ3n) is 5.79. The highest BCUT2D eigenvalue weighted by Gasteiger charge is 2.34. The molecular weight excluding hydrogens is 267 g/mol. The molecule has 0 aliphatic carbocycles. The monoisotopic (exact) mass is 305 g/mol. The molecule has 1 heterocycles. The van der Waals surface area contributed by atoms with E-state index in [2.05, 4.69) is 62.6 Å². The van der Waals surface area contributed by atoms with Gasteiger partial charge in [-0.05, 0) is 36.9 Å². The first kappa shape index (κ1) is 20.1. The van der Waals surface area contributed by atoms with Gasteiger partial charge in [0.2, 0.25) is 0 Å². The van der Waals surface area contributed by atoms with Crippen LogP contribution in [-0.4, -0.2) is 54.9 Å². The molecule has 0 amide bonds. The summed E-state index contributed by atoms with van der Waals surface area (Å²) < 4.78 is 8.09. The first-order chi connectivity index (χ1) is 10.4. The van der Waals surface area contributed by atoms with Crippen LogP contribution in [0.4, 0.5) is 0 Å². The van der Waals surface area contributed by atoms with E-state index in [1.54, 1.807) is 0 Å². The van der Waals surface area contributed by atoms with Gasteiger partial charge in [0.05, 0.1) is 0 Å². The van der Waals surface area contributed by atoms with Crippen molar-refractivity contribution in [2.75, 3.05) is 0 Å². The summed E-state index contributed by atoms with van der Waals surface area (Å²) in [7, 11) is 3.43. The molecule has 1 aliphatic heterocycles. The first-order valence-electron chi connectivity index (χ1n) is 9.66. The summed E-state index contributed by atoms with van der Waals surface area (Å²) in [5.41, 5.74) is 0. The van der Waals surface area contributed by atoms with Crippen LogP contribution in [0.5, 0.6) is 0 Å². The average molecular weight is 305 g/mol. The summed E-state index contributed by atoms with van der Waals surface area (Å²) in [5, 5.41) is 0. The lowest BCUT2D eigenvalue weighted by Gasteiger charge is -2.48. The van der Waals surface area contributed by atoms with Crippen molar-refractivity contribution in [3.05, 3.63) is 0 Å². The van der Waals surface area contributed by atoms with Crippen molar-refractivity contribution in [3.63, 3.8) is 0 Å². The van der Waals surface area contributed by atoms with E-state index < -0.39 is 0 Å². The molecule has 0 N–H and O–H groups in total. The molecular formula is C16H38B3N3. The van der Waals surface area contributed by atoms with Crippen LogP contribution in [0.15, 0.2) is 0 Å². The lowest BCUT2D eigenvalue weighted by atomic mass is 9.68. The second-order valence-corrected chi connectivity index (χ2v) is 7.59. The fourth-order valence-electron chi connectivity index (χ4n) is 3.55. The topological polar surface area (TPSA) is 9.72 Å². The van der Waals surface area contributed by atoms with E-state index in [4.69, 9.17) is 0 Å². The molecule has 4 atom stereocenters. The predicted octanol–water partition coefficient (Wildman–Crippen LogP) is 2.52. The Kier molecular flexibility index (Phi) is 9.19. The number of hydrogen-bond donors (Lipinski definition) is 0. The fourth-order valence-corrected chi connectivity index (χ4v) is 3.55. The zero-order chi connectivity index (χ0) is 16.7. The van der Waals surface area contributed by atoms with E-state index in [0.717, 1.165) is 28.6 Å². The Morgan fingerprint density at radius 1 is 0.682 bits per heavy atom. The van der Waals surface area contributed by atoms with Crippen molar-refractivity contribution in [2.45, 2.75) is 98.7 Å². The molecule has 126 valence electrons. The Hall–Kier alpha value is 0.0748. The van der Waals surface area contributed by atoms with Gasteiger partial charge in [-0.2, -0.15) is 0 Å². The van der Waals surface area contributed by atoms with Crippen molar-refractivity contribution < 1.29 is 0 Å². The van der Waals surface area contributed by atoms with Gasteiger partial charge in [0.1, 0.15) is 0 Å². The lowest BCUT2D eigenvalue weighted by Crippen LogP contribution is -2.67. The van der Waals surface area contributed by atoms with E-state index in [1.165, 1.54) is 32.1 Å². The Labute approximate surface area is 142 Å². The molecule has 22 heavy (non-hydrogen) atoms. The van der Waals surface area contributed by atoms with Crippen molar-refractivity contribution in [3.8, 4) is 0 Å². The summed E-state index contributed by atoms with van der Waals surface area (Å²) in [4.78, 5) is 0. The van der Waals surface area contributed by atoms with Crippen LogP contribution >= 0.6 is 0 Å². The molecule has 0 bridgehead atoms. The van der Waals surface area contributed by atoms with Gasteiger partial charge in [-0.3, -0.25) is 0 Å². The summed E-state index contributed by atoms with van der Waals surface area (Å²) in [5.74, 6) is 0.768.